The third-order valence-corrected chi connectivity index (χ3v) is 3.08. The second-order valence-corrected chi connectivity index (χ2v) is 4.61. The number of hydrogen-bond donors (Lipinski definition) is 2. The molecule has 1 fully saturated rings. The normalized spacial score (nSPS) is 17.2. The Kier molecular flexibility index (Phi) is 3.46. The third-order valence-electron chi connectivity index (χ3n) is 3.08. The fraction of sp³-hybridized carbons (Fsp3) is 0.538. The van der Waals surface area contributed by atoms with Crippen LogP contribution < -0.4 is 16.2 Å². The van der Waals surface area contributed by atoms with Crippen molar-refractivity contribution >= 4 is 0 Å². The van der Waals surface area contributed by atoms with Crippen LogP contribution in [0.2, 0.25) is 0 Å². The molecule has 88 valence electrons. The lowest BCUT2D eigenvalue weighted by Crippen LogP contribution is -2.21. The number of aryl methyl sites for hydroxylation is 1. The number of nitrogens with two attached hydrogens (primary N) is 2. The molecule has 1 saturated carbocycles. The molecule has 0 bridgehead atoms. The summed E-state index contributed by atoms with van der Waals surface area (Å²) in [7, 11) is 0. The van der Waals surface area contributed by atoms with Crippen molar-refractivity contribution in [3.63, 3.8) is 0 Å². The van der Waals surface area contributed by atoms with E-state index in [2.05, 4.69) is 6.92 Å². The maximum atomic E-state index is 5.91. The van der Waals surface area contributed by atoms with E-state index in [0.29, 0.717) is 6.54 Å². The molecule has 1 aliphatic rings. The Bertz CT molecular complexity index is 361. The van der Waals surface area contributed by atoms with E-state index in [9.17, 15) is 0 Å². The van der Waals surface area contributed by atoms with E-state index in [4.69, 9.17) is 16.2 Å². The van der Waals surface area contributed by atoms with Crippen LogP contribution in [0.4, 0.5) is 0 Å². The van der Waals surface area contributed by atoms with Crippen molar-refractivity contribution in [2.45, 2.75) is 25.8 Å². The minimum atomic E-state index is -0.0718. The summed E-state index contributed by atoms with van der Waals surface area (Å²) in [6, 6.07) is 5.99. The molecule has 3 heteroatoms. The molecule has 0 amide bonds. The standard InChI is InChI=1S/C13H20N2O/c1-9-6-11(16-8-10-2-3-10)4-5-12(9)13(15)7-14/h4-6,10,13H,2-3,7-8,14-15H2,1H3. The van der Waals surface area contributed by atoms with Gasteiger partial charge in [-0.3, -0.25) is 0 Å². The van der Waals surface area contributed by atoms with Gasteiger partial charge in [0.05, 0.1) is 6.61 Å². The summed E-state index contributed by atoms with van der Waals surface area (Å²) in [6.07, 6.45) is 2.63. The first-order valence-corrected chi connectivity index (χ1v) is 5.89. The molecule has 0 saturated heterocycles. The van der Waals surface area contributed by atoms with Crippen LogP contribution in [0.3, 0.4) is 0 Å². The molecule has 0 heterocycles. The Morgan fingerprint density at radius 3 is 2.75 bits per heavy atom. The molecule has 1 aromatic rings. The summed E-state index contributed by atoms with van der Waals surface area (Å²) >= 11 is 0. The van der Waals surface area contributed by atoms with E-state index in [-0.39, 0.29) is 6.04 Å². The zero-order chi connectivity index (χ0) is 11.5. The molecule has 0 aliphatic heterocycles. The van der Waals surface area contributed by atoms with Crippen LogP contribution in [0.1, 0.15) is 30.0 Å². The van der Waals surface area contributed by atoms with E-state index in [1.165, 1.54) is 12.8 Å². The van der Waals surface area contributed by atoms with Crippen molar-refractivity contribution in [1.29, 1.82) is 0 Å². The lowest BCUT2D eigenvalue weighted by molar-refractivity contribution is 0.299. The predicted octanol–water partition coefficient (Wildman–Crippen LogP) is 1.74. The molecule has 1 atom stereocenters. The second-order valence-electron chi connectivity index (χ2n) is 4.61. The second kappa shape index (κ2) is 4.85. The Hall–Kier alpha value is -1.06. The predicted molar refractivity (Wildman–Crippen MR) is 65.4 cm³/mol. The van der Waals surface area contributed by atoms with Crippen molar-refractivity contribution in [3.05, 3.63) is 29.3 Å². The monoisotopic (exact) mass is 220 g/mol. The van der Waals surface area contributed by atoms with E-state index in [1.807, 2.05) is 18.2 Å². The average Bonchev–Trinajstić information content (AvgIpc) is 3.09. The van der Waals surface area contributed by atoms with E-state index >= 15 is 0 Å². The Morgan fingerprint density at radius 1 is 1.44 bits per heavy atom. The summed E-state index contributed by atoms with van der Waals surface area (Å²) < 4.78 is 5.71. The molecule has 2 rings (SSSR count). The van der Waals surface area contributed by atoms with E-state index in [0.717, 1.165) is 29.4 Å². The van der Waals surface area contributed by atoms with Gasteiger partial charge in [0.2, 0.25) is 0 Å². The van der Waals surface area contributed by atoms with Gasteiger partial charge in [0.1, 0.15) is 5.75 Å². The number of benzene rings is 1. The van der Waals surface area contributed by atoms with Crippen molar-refractivity contribution in [2.24, 2.45) is 17.4 Å². The van der Waals surface area contributed by atoms with Crippen LogP contribution in [0.15, 0.2) is 18.2 Å². The SMILES string of the molecule is Cc1cc(OCC2CC2)ccc1C(N)CN. The van der Waals surface area contributed by atoms with Crippen LogP contribution in [0.5, 0.6) is 5.75 Å². The first-order valence-electron chi connectivity index (χ1n) is 5.89. The third kappa shape index (κ3) is 2.74. The molecule has 4 N–H and O–H groups in total. The van der Waals surface area contributed by atoms with Gasteiger partial charge in [-0.2, -0.15) is 0 Å². The topological polar surface area (TPSA) is 61.3 Å². The highest BCUT2D eigenvalue weighted by Crippen LogP contribution is 2.30. The first-order chi connectivity index (χ1) is 7.70. The smallest absolute Gasteiger partial charge is 0.119 e. The van der Waals surface area contributed by atoms with Crippen LogP contribution in [0.25, 0.3) is 0 Å². The molecule has 1 aliphatic carbocycles. The minimum absolute atomic E-state index is 0.0718. The zero-order valence-electron chi connectivity index (χ0n) is 9.78. The summed E-state index contributed by atoms with van der Waals surface area (Å²) in [5, 5.41) is 0. The fourth-order valence-electron chi connectivity index (χ4n) is 1.78. The molecule has 1 aromatic carbocycles. The van der Waals surface area contributed by atoms with E-state index in [1.54, 1.807) is 0 Å². The fourth-order valence-corrected chi connectivity index (χ4v) is 1.78. The number of rotatable bonds is 5. The lowest BCUT2D eigenvalue weighted by atomic mass is 10.0. The molecule has 16 heavy (non-hydrogen) atoms. The van der Waals surface area contributed by atoms with E-state index < -0.39 is 0 Å². The van der Waals surface area contributed by atoms with Crippen molar-refractivity contribution in [1.82, 2.24) is 0 Å². The van der Waals surface area contributed by atoms with Crippen LogP contribution >= 0.6 is 0 Å². The van der Waals surface area contributed by atoms with Gasteiger partial charge in [-0.15, -0.1) is 0 Å². The Labute approximate surface area is 96.8 Å². The van der Waals surface area contributed by atoms with Crippen LogP contribution in [0, 0.1) is 12.8 Å². The molecular formula is C13H20N2O. The largest absolute Gasteiger partial charge is 0.493 e. The molecule has 1 unspecified atom stereocenters. The first kappa shape index (κ1) is 11.4. The van der Waals surface area contributed by atoms with Gasteiger partial charge < -0.3 is 16.2 Å². The van der Waals surface area contributed by atoms with Gasteiger partial charge >= 0.3 is 0 Å². The van der Waals surface area contributed by atoms with Gasteiger partial charge in [0.15, 0.2) is 0 Å². The van der Waals surface area contributed by atoms with Crippen molar-refractivity contribution < 1.29 is 4.74 Å². The summed E-state index contributed by atoms with van der Waals surface area (Å²) in [5.41, 5.74) is 13.7. The Morgan fingerprint density at radius 2 is 2.19 bits per heavy atom. The molecule has 3 nitrogen and oxygen atoms in total. The van der Waals surface area contributed by atoms with Gasteiger partial charge in [0.25, 0.3) is 0 Å². The molecule has 0 radical (unpaired) electrons. The van der Waals surface area contributed by atoms with Crippen molar-refractivity contribution in [2.75, 3.05) is 13.2 Å². The van der Waals surface area contributed by atoms with Crippen molar-refractivity contribution in [3.8, 4) is 5.75 Å². The minimum Gasteiger partial charge on any atom is -0.493 e. The van der Waals surface area contributed by atoms with Crippen LogP contribution in [-0.2, 0) is 0 Å². The molecule has 0 aromatic heterocycles. The summed E-state index contributed by atoms with van der Waals surface area (Å²) in [6.45, 7) is 3.37. The molecule has 0 spiro atoms. The number of ether oxygens (including phenoxy) is 1. The Balaban J connectivity index is 2.02. The maximum absolute atomic E-state index is 5.91. The highest BCUT2D eigenvalue weighted by atomic mass is 16.5. The van der Waals surface area contributed by atoms with Gasteiger partial charge in [0, 0.05) is 12.6 Å². The summed E-state index contributed by atoms with van der Waals surface area (Å²) in [5.74, 6) is 1.73. The van der Waals surface area contributed by atoms with Gasteiger partial charge in [-0.1, -0.05) is 6.07 Å². The number of hydrogen-bond acceptors (Lipinski definition) is 3. The van der Waals surface area contributed by atoms with Crippen LogP contribution in [-0.4, -0.2) is 13.2 Å². The highest BCUT2D eigenvalue weighted by Gasteiger charge is 2.21. The lowest BCUT2D eigenvalue weighted by Gasteiger charge is -2.14. The quantitative estimate of drug-likeness (QED) is 0.794. The highest BCUT2D eigenvalue weighted by molar-refractivity contribution is 5.36. The zero-order valence-corrected chi connectivity index (χ0v) is 9.78. The average molecular weight is 220 g/mol. The summed E-state index contributed by atoms with van der Waals surface area (Å²) in [4.78, 5) is 0. The molecular weight excluding hydrogens is 200 g/mol. The van der Waals surface area contributed by atoms with Gasteiger partial charge in [-0.05, 0) is 48.9 Å². The van der Waals surface area contributed by atoms with Gasteiger partial charge in [-0.25, -0.2) is 0 Å². The maximum Gasteiger partial charge on any atom is 0.119 e.